The fourth-order valence-corrected chi connectivity index (χ4v) is 2.75. The Bertz CT molecular complexity index is 853. The molecule has 2 aromatic heterocycles. The van der Waals surface area contributed by atoms with Gasteiger partial charge in [-0.2, -0.15) is 0 Å². The summed E-state index contributed by atoms with van der Waals surface area (Å²) in [4.78, 5) is 32.4. The van der Waals surface area contributed by atoms with E-state index < -0.39 is 48.8 Å². The summed E-state index contributed by atoms with van der Waals surface area (Å²) >= 11 is 0. The van der Waals surface area contributed by atoms with Crippen LogP contribution in [0, 0.1) is 0 Å². The first kappa shape index (κ1) is 20.8. The molecule has 0 saturated carbocycles. The van der Waals surface area contributed by atoms with Gasteiger partial charge in [0.2, 0.25) is 5.72 Å². The standard InChI is InChI=1S/C18H19N3O8/c22-9-12-13(23)14(24)18(27,21-15(25)10-3-1-5-19-7-10)17(28-12)29-16(26)11-4-2-6-20-8-11/h1-8,12-14,17,22-24,27H,9H2,(H,21,25)/t12-,13-,14+,17+,18-/m1/s1. The highest BCUT2D eigenvalue weighted by Gasteiger charge is 2.58. The van der Waals surface area contributed by atoms with E-state index in [1.54, 1.807) is 0 Å². The predicted octanol–water partition coefficient (Wildman–Crippen LogP) is -1.81. The van der Waals surface area contributed by atoms with E-state index in [0.29, 0.717) is 0 Å². The van der Waals surface area contributed by atoms with Gasteiger partial charge in [-0.25, -0.2) is 4.79 Å². The quantitative estimate of drug-likeness (QED) is 0.282. The fourth-order valence-electron chi connectivity index (χ4n) is 2.75. The van der Waals surface area contributed by atoms with Gasteiger partial charge in [0.25, 0.3) is 12.2 Å². The molecule has 0 bridgehead atoms. The zero-order chi connectivity index (χ0) is 21.0. The highest BCUT2D eigenvalue weighted by molar-refractivity contribution is 5.94. The lowest BCUT2D eigenvalue weighted by molar-refractivity contribution is -0.332. The Morgan fingerprint density at radius 1 is 1.14 bits per heavy atom. The van der Waals surface area contributed by atoms with Crippen LogP contribution in [0.15, 0.2) is 49.1 Å². The number of carbonyl (C=O) groups is 2. The van der Waals surface area contributed by atoms with Gasteiger partial charge in [-0.1, -0.05) is 0 Å². The Balaban J connectivity index is 1.88. The molecule has 0 unspecified atom stereocenters. The van der Waals surface area contributed by atoms with Crippen LogP contribution in [-0.2, 0) is 9.47 Å². The highest BCUT2D eigenvalue weighted by Crippen LogP contribution is 2.30. The van der Waals surface area contributed by atoms with E-state index in [9.17, 15) is 30.0 Å². The topological polar surface area (TPSA) is 171 Å². The zero-order valence-corrected chi connectivity index (χ0v) is 15.0. The van der Waals surface area contributed by atoms with Crippen molar-refractivity contribution < 1.29 is 39.5 Å². The van der Waals surface area contributed by atoms with E-state index in [0.717, 1.165) is 0 Å². The number of hydrogen-bond acceptors (Lipinski definition) is 10. The van der Waals surface area contributed by atoms with Crippen LogP contribution in [0.2, 0.25) is 0 Å². The first-order chi connectivity index (χ1) is 13.9. The van der Waals surface area contributed by atoms with Gasteiger partial charge in [0.1, 0.15) is 18.3 Å². The summed E-state index contributed by atoms with van der Waals surface area (Å²) in [5, 5.41) is 43.0. The number of nitrogens with zero attached hydrogens (tertiary/aromatic N) is 2. The molecule has 0 aliphatic carbocycles. The largest absolute Gasteiger partial charge is 0.427 e. The normalized spacial score (nSPS) is 29.1. The van der Waals surface area contributed by atoms with Crippen LogP contribution < -0.4 is 5.32 Å². The SMILES string of the molecule is O=C(N[C@]1(O)[C@H](OC(=O)c2cccnc2)O[C@H](CO)[C@@H](O)[C@@H]1O)c1cccnc1. The van der Waals surface area contributed by atoms with Crippen LogP contribution in [0.1, 0.15) is 20.7 Å². The van der Waals surface area contributed by atoms with E-state index in [1.165, 1.54) is 49.1 Å². The molecular formula is C18H19N3O8. The Labute approximate surface area is 164 Å². The molecule has 1 aliphatic heterocycles. The molecular weight excluding hydrogens is 386 g/mol. The number of pyridine rings is 2. The molecule has 2 aromatic rings. The summed E-state index contributed by atoms with van der Waals surface area (Å²) in [5.74, 6) is -1.85. The van der Waals surface area contributed by atoms with Gasteiger partial charge in [-0.3, -0.25) is 14.8 Å². The third-order valence-electron chi connectivity index (χ3n) is 4.34. The molecule has 0 aromatic carbocycles. The maximum absolute atomic E-state index is 12.5. The molecule has 0 radical (unpaired) electrons. The van der Waals surface area contributed by atoms with Crippen molar-refractivity contribution in [2.24, 2.45) is 0 Å². The molecule has 11 nitrogen and oxygen atoms in total. The number of nitrogens with one attached hydrogen (secondary N) is 1. The summed E-state index contributed by atoms with van der Waals surface area (Å²) < 4.78 is 10.4. The Hall–Kier alpha value is -2.96. The van der Waals surface area contributed by atoms with Crippen LogP contribution in [0.25, 0.3) is 0 Å². The first-order valence-electron chi connectivity index (χ1n) is 8.55. The molecule has 3 heterocycles. The lowest BCUT2D eigenvalue weighted by Crippen LogP contribution is -2.74. The lowest BCUT2D eigenvalue weighted by Gasteiger charge is -2.47. The third kappa shape index (κ3) is 4.23. The second-order valence-electron chi connectivity index (χ2n) is 6.29. The molecule has 5 N–H and O–H groups in total. The second kappa shape index (κ2) is 8.59. The molecule has 154 valence electrons. The molecule has 3 rings (SSSR count). The number of aliphatic hydroxyl groups excluding tert-OH is 3. The van der Waals surface area contributed by atoms with Crippen molar-refractivity contribution in [2.75, 3.05) is 6.61 Å². The molecule has 5 atom stereocenters. The number of carbonyl (C=O) groups excluding carboxylic acids is 2. The predicted molar refractivity (Wildman–Crippen MR) is 94.1 cm³/mol. The van der Waals surface area contributed by atoms with Crippen molar-refractivity contribution in [3.63, 3.8) is 0 Å². The third-order valence-corrected chi connectivity index (χ3v) is 4.34. The monoisotopic (exact) mass is 405 g/mol. The molecule has 0 spiro atoms. The van der Waals surface area contributed by atoms with E-state index in [1.807, 2.05) is 0 Å². The Kier molecular flexibility index (Phi) is 6.15. The second-order valence-corrected chi connectivity index (χ2v) is 6.29. The highest BCUT2D eigenvalue weighted by atomic mass is 16.7. The van der Waals surface area contributed by atoms with Crippen molar-refractivity contribution in [3.8, 4) is 0 Å². The van der Waals surface area contributed by atoms with Crippen LogP contribution in [0.5, 0.6) is 0 Å². The van der Waals surface area contributed by atoms with Gasteiger partial charge in [-0.05, 0) is 24.3 Å². The fraction of sp³-hybridized carbons (Fsp3) is 0.333. The number of ether oxygens (including phenoxy) is 2. The smallest absolute Gasteiger partial charge is 0.342 e. The lowest BCUT2D eigenvalue weighted by atomic mass is 9.93. The minimum Gasteiger partial charge on any atom is -0.427 e. The van der Waals surface area contributed by atoms with Crippen LogP contribution in [0.4, 0.5) is 0 Å². The summed E-state index contributed by atoms with van der Waals surface area (Å²) in [5.41, 5.74) is -2.68. The maximum atomic E-state index is 12.5. The van der Waals surface area contributed by atoms with Crippen LogP contribution in [-0.4, -0.2) is 79.2 Å². The molecule has 1 amide bonds. The average molecular weight is 405 g/mol. The first-order valence-corrected chi connectivity index (χ1v) is 8.55. The Morgan fingerprint density at radius 3 is 2.31 bits per heavy atom. The van der Waals surface area contributed by atoms with E-state index in [4.69, 9.17) is 9.47 Å². The molecule has 11 heteroatoms. The zero-order valence-electron chi connectivity index (χ0n) is 15.0. The van der Waals surface area contributed by atoms with E-state index >= 15 is 0 Å². The average Bonchev–Trinajstić information content (AvgIpc) is 2.75. The number of hydrogen-bond donors (Lipinski definition) is 5. The van der Waals surface area contributed by atoms with Gasteiger partial charge >= 0.3 is 5.97 Å². The number of aliphatic hydroxyl groups is 4. The minimum absolute atomic E-state index is 0.0122. The van der Waals surface area contributed by atoms with Gasteiger partial charge in [0.15, 0.2) is 0 Å². The minimum atomic E-state index is -2.73. The molecule has 1 fully saturated rings. The van der Waals surface area contributed by atoms with Gasteiger partial charge < -0.3 is 35.2 Å². The number of rotatable bonds is 5. The number of amides is 1. The molecule has 1 aliphatic rings. The van der Waals surface area contributed by atoms with E-state index in [2.05, 4.69) is 15.3 Å². The number of esters is 1. The molecule has 1 saturated heterocycles. The van der Waals surface area contributed by atoms with Crippen molar-refractivity contribution in [2.45, 2.75) is 30.3 Å². The van der Waals surface area contributed by atoms with Crippen molar-refractivity contribution in [3.05, 3.63) is 60.2 Å². The van der Waals surface area contributed by atoms with Gasteiger partial charge in [0, 0.05) is 24.8 Å². The summed E-state index contributed by atoms with van der Waals surface area (Å²) in [6.45, 7) is -0.744. The summed E-state index contributed by atoms with van der Waals surface area (Å²) in [6.07, 6.45) is -1.91. The number of aromatic nitrogens is 2. The van der Waals surface area contributed by atoms with Crippen molar-refractivity contribution in [1.82, 2.24) is 15.3 Å². The van der Waals surface area contributed by atoms with E-state index in [-0.39, 0.29) is 11.1 Å². The van der Waals surface area contributed by atoms with Gasteiger partial charge in [0.05, 0.1) is 17.7 Å². The summed E-state index contributed by atoms with van der Waals surface area (Å²) in [7, 11) is 0. The maximum Gasteiger partial charge on any atom is 0.342 e. The molecule has 29 heavy (non-hydrogen) atoms. The Morgan fingerprint density at radius 2 is 1.76 bits per heavy atom. The summed E-state index contributed by atoms with van der Waals surface area (Å²) in [6, 6.07) is 5.73. The van der Waals surface area contributed by atoms with Crippen molar-refractivity contribution in [1.29, 1.82) is 0 Å². The van der Waals surface area contributed by atoms with Crippen LogP contribution >= 0.6 is 0 Å². The van der Waals surface area contributed by atoms with Crippen molar-refractivity contribution >= 4 is 11.9 Å². The van der Waals surface area contributed by atoms with Gasteiger partial charge in [-0.15, -0.1) is 0 Å². The van der Waals surface area contributed by atoms with Crippen LogP contribution in [0.3, 0.4) is 0 Å².